The lowest BCUT2D eigenvalue weighted by Gasteiger charge is -2.18. The molecule has 7 heteroatoms. The summed E-state index contributed by atoms with van der Waals surface area (Å²) in [6.07, 6.45) is 0.545. The molecule has 1 N–H and O–H groups in total. The molecule has 3 nitrogen and oxygen atoms in total. The molecule has 0 aromatic rings. The van der Waals surface area contributed by atoms with Crippen LogP contribution in [0.3, 0.4) is 0 Å². The van der Waals surface area contributed by atoms with Gasteiger partial charge in [0.15, 0.2) is 0 Å². The Kier molecular flexibility index (Phi) is 7.61. The molecule has 0 radical (unpaired) electrons. The fourth-order valence-electron chi connectivity index (χ4n) is 1.28. The van der Waals surface area contributed by atoms with Gasteiger partial charge in [0.2, 0.25) is 0 Å². The number of hydrogen-bond donors (Lipinski definition) is 1. The van der Waals surface area contributed by atoms with Crippen LogP contribution < -0.4 is 5.32 Å². The summed E-state index contributed by atoms with van der Waals surface area (Å²) in [6, 6.07) is -0.533. The first-order chi connectivity index (χ1) is 7.76. The minimum absolute atomic E-state index is 0.101. The molecule has 0 aromatic heterocycles. The van der Waals surface area contributed by atoms with Gasteiger partial charge in [-0.25, -0.2) is 0 Å². The topological polar surface area (TPSA) is 38.3 Å². The number of rotatable bonds is 7. The van der Waals surface area contributed by atoms with Crippen molar-refractivity contribution in [2.45, 2.75) is 31.8 Å². The highest BCUT2D eigenvalue weighted by molar-refractivity contribution is 8.00. The average Bonchev–Trinajstić information content (AvgIpc) is 2.19. The van der Waals surface area contributed by atoms with Crippen LogP contribution in [0.1, 0.15) is 20.3 Å². The summed E-state index contributed by atoms with van der Waals surface area (Å²) >= 11 is -0.101. The molecule has 1 unspecified atom stereocenters. The van der Waals surface area contributed by atoms with Crippen molar-refractivity contribution in [3.63, 3.8) is 0 Å². The molecule has 1 atom stereocenters. The van der Waals surface area contributed by atoms with Crippen LogP contribution >= 0.6 is 11.8 Å². The summed E-state index contributed by atoms with van der Waals surface area (Å²) in [5.41, 5.74) is -4.22. The second-order valence-corrected chi connectivity index (χ2v) is 5.11. The quantitative estimate of drug-likeness (QED) is 0.571. The van der Waals surface area contributed by atoms with Crippen LogP contribution in [-0.2, 0) is 9.53 Å². The number of hydrogen-bond acceptors (Lipinski definition) is 4. The molecule has 0 aliphatic carbocycles. The number of carbonyl (C=O) groups is 1. The van der Waals surface area contributed by atoms with Crippen molar-refractivity contribution in [1.29, 1.82) is 0 Å². The molecule has 0 heterocycles. The van der Waals surface area contributed by atoms with Crippen LogP contribution in [-0.4, -0.2) is 36.9 Å². The number of esters is 1. The second-order valence-electron chi connectivity index (χ2n) is 3.95. The Balaban J connectivity index is 3.96. The lowest BCUT2D eigenvalue weighted by molar-refractivity contribution is -0.143. The van der Waals surface area contributed by atoms with Crippen molar-refractivity contribution in [3.8, 4) is 0 Å². The molecule has 17 heavy (non-hydrogen) atoms. The number of methoxy groups -OCH3 is 1. The smallest absolute Gasteiger partial charge is 0.441 e. The van der Waals surface area contributed by atoms with Crippen LogP contribution in [0.4, 0.5) is 13.2 Å². The van der Waals surface area contributed by atoms with Gasteiger partial charge in [0.25, 0.3) is 0 Å². The molecule has 0 saturated carbocycles. The Morgan fingerprint density at radius 2 is 2.00 bits per heavy atom. The lowest BCUT2D eigenvalue weighted by atomic mass is 10.0. The first-order valence-electron chi connectivity index (χ1n) is 5.28. The van der Waals surface area contributed by atoms with Crippen molar-refractivity contribution in [3.05, 3.63) is 0 Å². The standard InChI is InChI=1S/C10H18F3NO2S/c1-7(2)6-8(9(15)16-3)14-4-5-17-10(11,12)13/h7-8,14H,4-6H2,1-3H3. The Morgan fingerprint density at radius 3 is 2.41 bits per heavy atom. The van der Waals surface area contributed by atoms with E-state index < -0.39 is 17.5 Å². The first kappa shape index (κ1) is 16.6. The van der Waals surface area contributed by atoms with Crippen molar-refractivity contribution < 1.29 is 22.7 Å². The molecule has 0 saturated heterocycles. The molecule has 0 spiro atoms. The van der Waals surface area contributed by atoms with Crippen LogP contribution in [0.25, 0.3) is 0 Å². The summed E-state index contributed by atoms with van der Waals surface area (Å²) in [4.78, 5) is 11.3. The normalized spacial score (nSPS) is 13.8. The maximum absolute atomic E-state index is 11.9. The monoisotopic (exact) mass is 273 g/mol. The Hall–Kier alpha value is -0.430. The molecule has 0 bridgehead atoms. The molecule has 0 fully saturated rings. The predicted octanol–water partition coefficient (Wildman–Crippen LogP) is 2.42. The highest BCUT2D eigenvalue weighted by Gasteiger charge is 2.28. The fourth-order valence-corrected chi connectivity index (χ4v) is 1.73. The van der Waals surface area contributed by atoms with E-state index >= 15 is 0 Å². The van der Waals surface area contributed by atoms with Gasteiger partial charge in [0.1, 0.15) is 6.04 Å². The Morgan fingerprint density at radius 1 is 1.41 bits per heavy atom. The zero-order chi connectivity index (χ0) is 13.5. The molecular weight excluding hydrogens is 255 g/mol. The van der Waals surface area contributed by atoms with Gasteiger partial charge < -0.3 is 10.1 Å². The van der Waals surface area contributed by atoms with Crippen molar-refractivity contribution in [2.24, 2.45) is 5.92 Å². The van der Waals surface area contributed by atoms with Gasteiger partial charge in [-0.15, -0.1) is 0 Å². The number of thioether (sulfide) groups is 1. The third kappa shape index (κ3) is 9.29. The molecule has 0 aliphatic rings. The molecular formula is C10H18F3NO2S. The van der Waals surface area contributed by atoms with E-state index in [0.717, 1.165) is 0 Å². The summed E-state index contributed by atoms with van der Waals surface area (Å²) in [7, 11) is 1.27. The molecule has 102 valence electrons. The van der Waals surface area contributed by atoms with E-state index in [2.05, 4.69) is 10.1 Å². The maximum Gasteiger partial charge on any atom is 0.441 e. The van der Waals surface area contributed by atoms with Gasteiger partial charge >= 0.3 is 11.5 Å². The Bertz CT molecular complexity index is 234. The van der Waals surface area contributed by atoms with Gasteiger partial charge in [-0.2, -0.15) is 13.2 Å². The van der Waals surface area contributed by atoms with Gasteiger partial charge in [-0.1, -0.05) is 13.8 Å². The maximum atomic E-state index is 11.9. The van der Waals surface area contributed by atoms with E-state index in [4.69, 9.17) is 0 Å². The van der Waals surface area contributed by atoms with E-state index in [9.17, 15) is 18.0 Å². The van der Waals surface area contributed by atoms with Crippen LogP contribution in [0.5, 0.6) is 0 Å². The van der Waals surface area contributed by atoms with Gasteiger partial charge in [-0.3, -0.25) is 4.79 Å². The average molecular weight is 273 g/mol. The van der Waals surface area contributed by atoms with Gasteiger partial charge in [-0.05, 0) is 24.1 Å². The third-order valence-corrected chi connectivity index (χ3v) is 2.69. The largest absolute Gasteiger partial charge is 0.468 e. The number of ether oxygens (including phenoxy) is 1. The highest BCUT2D eigenvalue weighted by Crippen LogP contribution is 2.29. The zero-order valence-electron chi connectivity index (χ0n) is 10.1. The molecule has 0 aromatic carbocycles. The van der Waals surface area contributed by atoms with Crippen LogP contribution in [0.15, 0.2) is 0 Å². The number of carbonyl (C=O) groups excluding carboxylic acids is 1. The summed E-state index contributed by atoms with van der Waals surface area (Å²) in [5, 5.41) is 2.78. The van der Waals surface area contributed by atoms with E-state index in [-0.39, 0.29) is 30.0 Å². The lowest BCUT2D eigenvalue weighted by Crippen LogP contribution is -2.40. The minimum Gasteiger partial charge on any atom is -0.468 e. The van der Waals surface area contributed by atoms with E-state index in [0.29, 0.717) is 6.42 Å². The number of alkyl halides is 3. The zero-order valence-corrected chi connectivity index (χ0v) is 11.0. The highest BCUT2D eigenvalue weighted by atomic mass is 32.2. The molecule has 0 amide bonds. The number of nitrogens with one attached hydrogen (secondary N) is 1. The van der Waals surface area contributed by atoms with Gasteiger partial charge in [0, 0.05) is 12.3 Å². The number of halogens is 3. The summed E-state index contributed by atoms with van der Waals surface area (Å²) in [6.45, 7) is 3.99. The van der Waals surface area contributed by atoms with Crippen molar-refractivity contribution in [1.82, 2.24) is 5.32 Å². The van der Waals surface area contributed by atoms with E-state index in [1.165, 1.54) is 7.11 Å². The minimum atomic E-state index is -4.22. The van der Waals surface area contributed by atoms with Gasteiger partial charge in [0.05, 0.1) is 7.11 Å². The Labute approximate surface area is 103 Å². The predicted molar refractivity (Wildman–Crippen MR) is 61.8 cm³/mol. The van der Waals surface area contributed by atoms with Crippen LogP contribution in [0, 0.1) is 5.92 Å². The third-order valence-electron chi connectivity index (χ3n) is 1.95. The van der Waals surface area contributed by atoms with Crippen molar-refractivity contribution in [2.75, 3.05) is 19.4 Å². The second kappa shape index (κ2) is 7.81. The molecule has 0 aliphatic heterocycles. The van der Waals surface area contributed by atoms with Crippen LogP contribution in [0.2, 0.25) is 0 Å². The summed E-state index contributed by atoms with van der Waals surface area (Å²) < 4.78 is 40.2. The first-order valence-corrected chi connectivity index (χ1v) is 6.26. The summed E-state index contributed by atoms with van der Waals surface area (Å²) in [5.74, 6) is -0.285. The molecule has 0 rings (SSSR count). The SMILES string of the molecule is COC(=O)C(CC(C)C)NCCSC(F)(F)F. The van der Waals surface area contributed by atoms with E-state index in [1.54, 1.807) is 0 Å². The fraction of sp³-hybridized carbons (Fsp3) is 0.900. The van der Waals surface area contributed by atoms with Crippen molar-refractivity contribution >= 4 is 17.7 Å². The van der Waals surface area contributed by atoms with E-state index in [1.807, 2.05) is 13.8 Å².